The quantitative estimate of drug-likeness (QED) is 0.729. The average Bonchev–Trinajstić information content (AvgIpc) is 2.43. The number of aliphatic hydroxyl groups is 1. The van der Waals surface area contributed by atoms with E-state index in [9.17, 15) is 14.7 Å². The number of rotatable bonds is 0. The predicted octanol–water partition coefficient (Wildman–Crippen LogP) is 1.36. The van der Waals surface area contributed by atoms with Crippen molar-refractivity contribution < 1.29 is 19.4 Å². The van der Waals surface area contributed by atoms with Gasteiger partial charge in [0.05, 0.1) is 5.60 Å². The molecule has 23 heavy (non-hydrogen) atoms. The number of likely N-dealkylation sites (tertiary alicyclic amines) is 2. The van der Waals surface area contributed by atoms with Gasteiger partial charge in [-0.2, -0.15) is 0 Å². The standard InChI is InChI=1S/C16H29N3O4/c1-15(2,3)23-14(21)19-9-7-16(22)6-8-18(10-12(16)11-19)13(20)17(4)5/h12,22H,6-11H2,1-5H3/t12-,16-/m1/s1. The molecule has 2 saturated heterocycles. The van der Waals surface area contributed by atoms with Crippen LogP contribution in [0.1, 0.15) is 33.6 Å². The molecule has 1 N–H and O–H groups in total. The number of carbonyl (C=O) groups is 2. The summed E-state index contributed by atoms with van der Waals surface area (Å²) in [6.07, 6.45) is 0.732. The van der Waals surface area contributed by atoms with Crippen LogP contribution in [0.25, 0.3) is 0 Å². The van der Waals surface area contributed by atoms with E-state index in [2.05, 4.69) is 0 Å². The van der Waals surface area contributed by atoms with Gasteiger partial charge in [0, 0.05) is 46.2 Å². The Morgan fingerprint density at radius 2 is 1.65 bits per heavy atom. The minimum absolute atomic E-state index is 0.0542. The van der Waals surface area contributed by atoms with Crippen molar-refractivity contribution in [2.24, 2.45) is 5.92 Å². The van der Waals surface area contributed by atoms with Crippen molar-refractivity contribution in [3.63, 3.8) is 0 Å². The van der Waals surface area contributed by atoms with E-state index in [0.717, 1.165) is 0 Å². The Bertz CT molecular complexity index is 474. The highest BCUT2D eigenvalue weighted by molar-refractivity contribution is 5.74. The number of hydrogen-bond acceptors (Lipinski definition) is 4. The first-order chi connectivity index (χ1) is 10.5. The van der Waals surface area contributed by atoms with E-state index >= 15 is 0 Å². The van der Waals surface area contributed by atoms with Crippen molar-refractivity contribution in [1.29, 1.82) is 0 Å². The van der Waals surface area contributed by atoms with Gasteiger partial charge in [-0.25, -0.2) is 9.59 Å². The lowest BCUT2D eigenvalue weighted by Gasteiger charge is -2.50. The largest absolute Gasteiger partial charge is 0.444 e. The fraction of sp³-hybridized carbons (Fsp3) is 0.875. The lowest BCUT2D eigenvalue weighted by Crippen LogP contribution is -2.62. The topological polar surface area (TPSA) is 73.3 Å². The summed E-state index contributed by atoms with van der Waals surface area (Å²) in [5, 5.41) is 10.8. The molecule has 2 aliphatic rings. The Morgan fingerprint density at radius 1 is 1.13 bits per heavy atom. The maximum absolute atomic E-state index is 12.2. The first-order valence-corrected chi connectivity index (χ1v) is 8.18. The van der Waals surface area contributed by atoms with Gasteiger partial charge in [0.15, 0.2) is 0 Å². The maximum atomic E-state index is 12.2. The van der Waals surface area contributed by atoms with Gasteiger partial charge in [-0.05, 0) is 33.6 Å². The molecule has 0 spiro atoms. The lowest BCUT2D eigenvalue weighted by atomic mass is 9.76. The van der Waals surface area contributed by atoms with E-state index in [1.54, 1.807) is 28.8 Å². The van der Waals surface area contributed by atoms with Gasteiger partial charge in [-0.3, -0.25) is 0 Å². The molecule has 2 atom stereocenters. The summed E-state index contributed by atoms with van der Waals surface area (Å²) in [5.41, 5.74) is -1.33. The van der Waals surface area contributed by atoms with Gasteiger partial charge in [-0.1, -0.05) is 0 Å². The molecule has 3 amide bonds. The summed E-state index contributed by atoms with van der Waals surface area (Å²) in [6, 6.07) is -0.0542. The Balaban J connectivity index is 2.03. The van der Waals surface area contributed by atoms with Crippen LogP contribution in [-0.4, -0.2) is 83.4 Å². The van der Waals surface area contributed by atoms with Crippen LogP contribution in [0.2, 0.25) is 0 Å². The number of nitrogens with zero attached hydrogens (tertiary/aromatic N) is 3. The molecule has 0 radical (unpaired) electrons. The molecule has 0 bridgehead atoms. The number of carbonyl (C=O) groups excluding carboxylic acids is 2. The van der Waals surface area contributed by atoms with Crippen LogP contribution in [-0.2, 0) is 4.74 Å². The number of fused-ring (bicyclic) bond motifs is 1. The van der Waals surface area contributed by atoms with Crippen LogP contribution >= 0.6 is 0 Å². The van der Waals surface area contributed by atoms with Gasteiger partial charge in [0.2, 0.25) is 0 Å². The average molecular weight is 327 g/mol. The smallest absolute Gasteiger partial charge is 0.410 e. The third kappa shape index (κ3) is 4.07. The lowest BCUT2D eigenvalue weighted by molar-refractivity contribution is -0.106. The first kappa shape index (κ1) is 17.8. The second kappa shape index (κ2) is 6.19. The molecule has 0 aromatic rings. The summed E-state index contributed by atoms with van der Waals surface area (Å²) < 4.78 is 5.42. The summed E-state index contributed by atoms with van der Waals surface area (Å²) in [7, 11) is 3.44. The molecule has 2 aliphatic heterocycles. The summed E-state index contributed by atoms with van der Waals surface area (Å²) in [6.45, 7) is 7.44. The van der Waals surface area contributed by atoms with Gasteiger partial charge in [0.25, 0.3) is 0 Å². The van der Waals surface area contributed by atoms with Crippen LogP contribution in [0.4, 0.5) is 9.59 Å². The highest BCUT2D eigenvalue weighted by atomic mass is 16.6. The Hall–Kier alpha value is -1.50. The normalized spacial score (nSPS) is 28.2. The van der Waals surface area contributed by atoms with Crippen molar-refractivity contribution in [2.75, 3.05) is 40.3 Å². The van der Waals surface area contributed by atoms with Crippen molar-refractivity contribution >= 4 is 12.1 Å². The maximum Gasteiger partial charge on any atom is 0.410 e. The van der Waals surface area contributed by atoms with Crippen LogP contribution in [0.15, 0.2) is 0 Å². The van der Waals surface area contributed by atoms with Crippen molar-refractivity contribution in [2.45, 2.75) is 44.8 Å². The Morgan fingerprint density at radius 3 is 2.17 bits per heavy atom. The van der Waals surface area contributed by atoms with Crippen LogP contribution in [0, 0.1) is 5.92 Å². The highest BCUT2D eigenvalue weighted by Gasteiger charge is 2.47. The molecular formula is C16H29N3O4. The highest BCUT2D eigenvalue weighted by Crippen LogP contribution is 2.36. The van der Waals surface area contributed by atoms with E-state index < -0.39 is 11.2 Å². The third-order valence-corrected chi connectivity index (χ3v) is 4.58. The molecule has 0 aliphatic carbocycles. The molecule has 0 aromatic carbocycles. The fourth-order valence-corrected chi connectivity index (χ4v) is 3.25. The Kier molecular flexibility index (Phi) is 4.80. The molecule has 2 heterocycles. The van der Waals surface area contributed by atoms with E-state index in [1.807, 2.05) is 20.8 Å². The van der Waals surface area contributed by atoms with Crippen molar-refractivity contribution in [1.82, 2.24) is 14.7 Å². The minimum atomic E-state index is -0.790. The van der Waals surface area contributed by atoms with Crippen LogP contribution in [0.5, 0.6) is 0 Å². The summed E-state index contributed by atoms with van der Waals surface area (Å²) in [5.74, 6) is -0.138. The summed E-state index contributed by atoms with van der Waals surface area (Å²) in [4.78, 5) is 29.3. The zero-order valence-electron chi connectivity index (χ0n) is 14.8. The van der Waals surface area contributed by atoms with Gasteiger partial charge >= 0.3 is 12.1 Å². The molecule has 2 fully saturated rings. The molecule has 0 saturated carbocycles. The van der Waals surface area contributed by atoms with E-state index in [0.29, 0.717) is 39.0 Å². The number of piperidine rings is 2. The zero-order valence-corrected chi connectivity index (χ0v) is 14.8. The number of urea groups is 1. The van der Waals surface area contributed by atoms with Crippen molar-refractivity contribution in [3.8, 4) is 0 Å². The fourth-order valence-electron chi connectivity index (χ4n) is 3.25. The number of ether oxygens (including phenoxy) is 1. The first-order valence-electron chi connectivity index (χ1n) is 8.18. The predicted molar refractivity (Wildman–Crippen MR) is 86.1 cm³/mol. The van der Waals surface area contributed by atoms with E-state index in [4.69, 9.17) is 4.74 Å². The van der Waals surface area contributed by atoms with Gasteiger partial charge < -0.3 is 24.5 Å². The zero-order chi connectivity index (χ0) is 17.4. The second-order valence-electron chi connectivity index (χ2n) is 7.85. The second-order valence-corrected chi connectivity index (χ2v) is 7.85. The van der Waals surface area contributed by atoms with E-state index in [-0.39, 0.29) is 18.0 Å². The molecule has 0 aromatic heterocycles. The number of amides is 3. The molecule has 132 valence electrons. The number of hydrogen-bond donors (Lipinski definition) is 1. The van der Waals surface area contributed by atoms with Crippen molar-refractivity contribution in [3.05, 3.63) is 0 Å². The van der Waals surface area contributed by atoms with Crippen LogP contribution in [0.3, 0.4) is 0 Å². The monoisotopic (exact) mass is 327 g/mol. The van der Waals surface area contributed by atoms with Gasteiger partial charge in [-0.15, -0.1) is 0 Å². The molecular weight excluding hydrogens is 298 g/mol. The Labute approximate surface area is 138 Å². The van der Waals surface area contributed by atoms with Crippen LogP contribution < -0.4 is 0 Å². The minimum Gasteiger partial charge on any atom is -0.444 e. The molecule has 0 unspecified atom stereocenters. The molecule has 7 heteroatoms. The molecule has 2 rings (SSSR count). The van der Waals surface area contributed by atoms with E-state index in [1.165, 1.54) is 0 Å². The SMILES string of the molecule is CN(C)C(=O)N1CC[C@@]2(O)CCN(C(=O)OC(C)(C)C)C[C@H]2C1. The summed E-state index contributed by atoms with van der Waals surface area (Å²) >= 11 is 0. The third-order valence-electron chi connectivity index (χ3n) is 4.58. The van der Waals surface area contributed by atoms with Gasteiger partial charge in [0.1, 0.15) is 5.60 Å². The molecule has 7 nitrogen and oxygen atoms in total.